The van der Waals surface area contributed by atoms with E-state index in [-0.39, 0.29) is 50.4 Å². The molecule has 0 bridgehead atoms. The largest absolute Gasteiger partial charge is 0.391 e. The second kappa shape index (κ2) is 23.0. The van der Waals surface area contributed by atoms with Gasteiger partial charge in [0.15, 0.2) is 0 Å². The van der Waals surface area contributed by atoms with Gasteiger partial charge in [0.2, 0.25) is 41.4 Å². The molecule has 0 aromatic carbocycles. The summed E-state index contributed by atoms with van der Waals surface area (Å²) in [6.45, 7) is 8.95. The van der Waals surface area contributed by atoms with Gasteiger partial charge in [-0.15, -0.1) is 0 Å². The van der Waals surface area contributed by atoms with Gasteiger partial charge in [0.1, 0.15) is 36.3 Å². The minimum Gasteiger partial charge on any atom is -0.391 e. The molecular formula is C33H59N11O8. The lowest BCUT2D eigenvalue weighted by Gasteiger charge is -2.28. The number of rotatable bonds is 25. The Bertz CT molecular complexity index is 1320. The number of aromatic amines is 1. The maximum atomic E-state index is 13.8. The summed E-state index contributed by atoms with van der Waals surface area (Å²) in [5, 5.41) is 22.7. The first-order valence-corrected chi connectivity index (χ1v) is 17.6. The second-order valence-corrected chi connectivity index (χ2v) is 13.8. The number of H-pyrrole nitrogens is 1. The van der Waals surface area contributed by atoms with Crippen LogP contribution < -0.4 is 49.5 Å². The molecule has 0 radical (unpaired) electrons. The molecule has 1 aromatic rings. The van der Waals surface area contributed by atoms with Crippen LogP contribution in [-0.2, 0) is 40.0 Å². The molecule has 0 aliphatic heterocycles. The molecule has 19 nitrogen and oxygen atoms in total. The number of unbranched alkanes of at least 4 members (excludes halogenated alkanes) is 1. The van der Waals surface area contributed by atoms with E-state index >= 15 is 0 Å². The van der Waals surface area contributed by atoms with Gasteiger partial charge >= 0.3 is 0 Å². The summed E-state index contributed by atoms with van der Waals surface area (Å²) < 4.78 is 0. The Morgan fingerprint density at radius 2 is 1.19 bits per heavy atom. The van der Waals surface area contributed by atoms with Crippen LogP contribution in [0, 0.1) is 11.8 Å². The van der Waals surface area contributed by atoms with Crippen molar-refractivity contribution in [1.29, 1.82) is 0 Å². The van der Waals surface area contributed by atoms with E-state index in [4.69, 9.17) is 22.9 Å². The number of nitrogens with one attached hydrogen (secondary N) is 6. The lowest BCUT2D eigenvalue weighted by atomic mass is 10.00. The van der Waals surface area contributed by atoms with Gasteiger partial charge in [-0.05, 0) is 63.8 Å². The summed E-state index contributed by atoms with van der Waals surface area (Å²) >= 11 is 0. The summed E-state index contributed by atoms with van der Waals surface area (Å²) in [5.41, 5.74) is 22.7. The number of imidazole rings is 1. The third-order valence-electron chi connectivity index (χ3n) is 8.03. The number of primary amides is 2. The van der Waals surface area contributed by atoms with E-state index in [1.54, 1.807) is 0 Å². The van der Waals surface area contributed by atoms with Crippen molar-refractivity contribution in [2.75, 3.05) is 6.54 Å². The molecule has 0 saturated carbocycles. The van der Waals surface area contributed by atoms with Crippen LogP contribution in [0.5, 0.6) is 0 Å². The fourth-order valence-electron chi connectivity index (χ4n) is 5.14. The van der Waals surface area contributed by atoms with Crippen LogP contribution in [0.2, 0.25) is 0 Å². The lowest BCUT2D eigenvalue weighted by molar-refractivity contribution is -0.135. The first kappa shape index (κ1) is 45.4. The van der Waals surface area contributed by atoms with E-state index in [0.29, 0.717) is 25.1 Å². The normalized spacial score (nSPS) is 15.3. The van der Waals surface area contributed by atoms with Crippen molar-refractivity contribution in [3.63, 3.8) is 0 Å². The SMILES string of the molecule is CC(C)C[C@@H](NC(=O)[C@@H](Cc1cnc[nH]1)NC(=O)[C@@H](CCCCN)NC(=O)[C@@H](CC(C)C)NC(=O)[C@@H](CCC(N)=O)NC(=O)[C@H](N)[C@@H](C)O)C(N)=O. The fraction of sp³-hybridized carbons (Fsp3) is 0.697. The highest BCUT2D eigenvalue weighted by atomic mass is 16.3. The van der Waals surface area contributed by atoms with E-state index in [1.807, 2.05) is 27.7 Å². The quantitative estimate of drug-likeness (QED) is 0.0451. The van der Waals surface area contributed by atoms with Gasteiger partial charge in [0.25, 0.3) is 0 Å². The number of nitrogens with zero attached hydrogens (tertiary/aromatic N) is 1. The Labute approximate surface area is 304 Å². The van der Waals surface area contributed by atoms with Crippen LogP contribution in [0.4, 0.5) is 0 Å². The third-order valence-corrected chi connectivity index (χ3v) is 8.03. The molecule has 1 rings (SSSR count). The molecule has 1 aromatic heterocycles. The topological polar surface area (TPSA) is 333 Å². The molecule has 52 heavy (non-hydrogen) atoms. The van der Waals surface area contributed by atoms with Gasteiger partial charge in [-0.25, -0.2) is 4.98 Å². The maximum Gasteiger partial charge on any atom is 0.243 e. The molecule has 0 aliphatic rings. The molecule has 19 heteroatoms. The molecule has 1 heterocycles. The Morgan fingerprint density at radius 3 is 1.69 bits per heavy atom. The monoisotopic (exact) mass is 737 g/mol. The number of nitrogens with two attached hydrogens (primary N) is 4. The van der Waals surface area contributed by atoms with Crippen molar-refractivity contribution in [3.8, 4) is 0 Å². The molecule has 294 valence electrons. The van der Waals surface area contributed by atoms with Crippen LogP contribution in [0.3, 0.4) is 0 Å². The Balaban J connectivity index is 3.33. The van der Waals surface area contributed by atoms with Crippen molar-refractivity contribution in [3.05, 3.63) is 18.2 Å². The first-order chi connectivity index (χ1) is 24.4. The van der Waals surface area contributed by atoms with Crippen molar-refractivity contribution < 1.29 is 38.7 Å². The molecule has 0 unspecified atom stereocenters. The van der Waals surface area contributed by atoms with E-state index in [2.05, 4.69) is 36.6 Å². The molecule has 0 aliphatic carbocycles. The zero-order valence-corrected chi connectivity index (χ0v) is 30.8. The summed E-state index contributed by atoms with van der Waals surface area (Å²) in [6, 6.07) is -7.29. The number of hydrogen-bond donors (Lipinski definition) is 11. The van der Waals surface area contributed by atoms with Gasteiger partial charge in [0, 0.05) is 24.7 Å². The number of aromatic nitrogens is 2. The van der Waals surface area contributed by atoms with Gasteiger partial charge in [0.05, 0.1) is 12.4 Å². The van der Waals surface area contributed by atoms with Crippen molar-refractivity contribution in [1.82, 2.24) is 36.6 Å². The highest BCUT2D eigenvalue weighted by Crippen LogP contribution is 2.11. The van der Waals surface area contributed by atoms with E-state index in [1.165, 1.54) is 19.4 Å². The summed E-state index contributed by atoms with van der Waals surface area (Å²) in [5.74, 6) is -5.37. The van der Waals surface area contributed by atoms with Gasteiger partial charge in [-0.3, -0.25) is 33.6 Å². The van der Waals surface area contributed by atoms with Crippen LogP contribution in [-0.4, -0.2) is 105 Å². The third kappa shape index (κ3) is 17.1. The first-order valence-electron chi connectivity index (χ1n) is 17.6. The van der Waals surface area contributed by atoms with Crippen LogP contribution >= 0.6 is 0 Å². The van der Waals surface area contributed by atoms with Gasteiger partial charge < -0.3 is 59.6 Å². The molecular weight excluding hydrogens is 678 g/mol. The standard InChI is InChI=1S/C33H59N11O8/c1-17(2)12-23(28(37)47)42-32(51)25(14-20-15-38-16-39-20)44-29(48)21(8-6-7-11-34)40-31(50)24(13-18(3)4)43-30(49)22(9-10-26(35)46)41-33(52)27(36)19(5)45/h15-19,21-25,27,45H,6-14,34,36H2,1-5H3,(H2,35,46)(H2,37,47)(H,38,39)(H,40,50)(H,41,52)(H,42,51)(H,43,49)(H,44,48)/t19-,21-,22-,23-,24-,25-,27-/m1/s1. The lowest BCUT2D eigenvalue weighted by Crippen LogP contribution is -2.60. The Morgan fingerprint density at radius 1 is 0.712 bits per heavy atom. The number of aliphatic hydroxyl groups excluding tert-OH is 1. The minimum atomic E-state index is -1.37. The van der Waals surface area contributed by atoms with Crippen molar-refractivity contribution in [2.45, 2.75) is 128 Å². The van der Waals surface area contributed by atoms with Crippen molar-refractivity contribution in [2.24, 2.45) is 34.8 Å². The maximum absolute atomic E-state index is 13.8. The predicted octanol–water partition coefficient (Wildman–Crippen LogP) is -2.94. The average molecular weight is 738 g/mol. The molecule has 0 saturated heterocycles. The number of carbonyl (C=O) groups excluding carboxylic acids is 7. The Kier molecular flexibility index (Phi) is 20.1. The van der Waals surface area contributed by atoms with Crippen LogP contribution in [0.25, 0.3) is 0 Å². The van der Waals surface area contributed by atoms with Crippen molar-refractivity contribution >= 4 is 41.4 Å². The van der Waals surface area contributed by atoms with Crippen LogP contribution in [0.15, 0.2) is 12.5 Å². The number of amides is 7. The number of aliphatic hydroxyl groups is 1. The zero-order valence-electron chi connectivity index (χ0n) is 30.8. The highest BCUT2D eigenvalue weighted by Gasteiger charge is 2.33. The van der Waals surface area contributed by atoms with Gasteiger partial charge in [-0.1, -0.05) is 27.7 Å². The summed E-state index contributed by atoms with van der Waals surface area (Å²) in [7, 11) is 0. The summed E-state index contributed by atoms with van der Waals surface area (Å²) in [4.78, 5) is 97.5. The predicted molar refractivity (Wildman–Crippen MR) is 191 cm³/mol. The number of hydrogen-bond acceptors (Lipinski definition) is 11. The molecule has 0 spiro atoms. The molecule has 15 N–H and O–H groups in total. The number of carbonyl (C=O) groups is 7. The second-order valence-electron chi connectivity index (χ2n) is 13.8. The average Bonchev–Trinajstić information content (AvgIpc) is 3.57. The zero-order chi connectivity index (χ0) is 39.5. The fourth-order valence-corrected chi connectivity index (χ4v) is 5.14. The van der Waals surface area contributed by atoms with E-state index in [0.717, 1.165) is 0 Å². The molecule has 7 atom stereocenters. The molecule has 7 amide bonds. The minimum absolute atomic E-state index is 0.0244. The highest BCUT2D eigenvalue weighted by molar-refractivity contribution is 5.96. The molecule has 0 fully saturated rings. The van der Waals surface area contributed by atoms with Gasteiger partial charge in [-0.2, -0.15) is 0 Å². The summed E-state index contributed by atoms with van der Waals surface area (Å²) in [6.07, 6.45) is 2.58. The smallest absolute Gasteiger partial charge is 0.243 e. The van der Waals surface area contributed by atoms with E-state index in [9.17, 15) is 38.7 Å². The van der Waals surface area contributed by atoms with E-state index < -0.39 is 83.7 Å². The van der Waals surface area contributed by atoms with Crippen LogP contribution in [0.1, 0.15) is 85.3 Å². The Hall–Kier alpha value is -4.62.